The molecule has 0 spiro atoms. The molecule has 0 radical (unpaired) electrons. The molecule has 0 bridgehead atoms. The second-order valence-electron chi connectivity index (χ2n) is 13.7. The van der Waals surface area contributed by atoms with Crippen LogP contribution in [0.25, 0.3) is 11.1 Å². The summed E-state index contributed by atoms with van der Waals surface area (Å²) in [7, 11) is -2.49. The van der Waals surface area contributed by atoms with Crippen LogP contribution in [-0.2, 0) is 31.8 Å². The van der Waals surface area contributed by atoms with Crippen molar-refractivity contribution in [1.29, 1.82) is 0 Å². The molecule has 2 aliphatic carbocycles. The zero-order chi connectivity index (χ0) is 36.5. The number of ether oxygens (including phenoxy) is 2. The molecule has 2 aromatic carbocycles. The minimum atomic E-state index is -3.90. The summed E-state index contributed by atoms with van der Waals surface area (Å²) in [5.74, 6) is 0.160. The lowest BCUT2D eigenvalue weighted by molar-refractivity contribution is -0.139. The number of hydrogen-bond donors (Lipinski definition) is 5. The van der Waals surface area contributed by atoms with Gasteiger partial charge in [0, 0.05) is 61.6 Å². The Morgan fingerprint density at radius 1 is 1.04 bits per heavy atom. The molecule has 4 atom stereocenters. The van der Waals surface area contributed by atoms with Crippen molar-refractivity contribution in [2.45, 2.75) is 79.7 Å². The molecule has 1 aromatic heterocycles. The van der Waals surface area contributed by atoms with Gasteiger partial charge in [-0.3, -0.25) is 9.78 Å². The minimum Gasteiger partial charge on any atom is -0.490 e. The number of halogens is 1. The molecule has 6 rings (SSSR count). The Balaban J connectivity index is 1.06. The Kier molecular flexibility index (Phi) is 11.4. The fourth-order valence-corrected chi connectivity index (χ4v) is 8.06. The predicted octanol–water partition coefficient (Wildman–Crippen LogP) is 2.05. The van der Waals surface area contributed by atoms with Gasteiger partial charge in [0.1, 0.15) is 30.2 Å². The highest BCUT2D eigenvalue weighted by Gasteiger charge is 2.48. The van der Waals surface area contributed by atoms with Crippen molar-refractivity contribution in [3.63, 3.8) is 0 Å². The number of amides is 1. The van der Waals surface area contributed by atoms with Gasteiger partial charge in [0.25, 0.3) is 0 Å². The third-order valence-corrected chi connectivity index (χ3v) is 12.0. The zero-order valence-electron chi connectivity index (χ0n) is 28.2. The first-order valence-corrected chi connectivity index (χ1v) is 18.8. The van der Waals surface area contributed by atoms with Crippen LogP contribution in [0.1, 0.15) is 43.2 Å². The third kappa shape index (κ3) is 8.40. The number of carbonyl (C=O) groups excluding carboxylic acids is 1. The lowest BCUT2D eigenvalue weighted by atomic mass is 9.96. The molecule has 5 N–H and O–H groups in total. The van der Waals surface area contributed by atoms with Crippen LogP contribution >= 0.6 is 11.6 Å². The summed E-state index contributed by atoms with van der Waals surface area (Å²) in [6.45, 7) is -0.850. The van der Waals surface area contributed by atoms with E-state index in [1.54, 1.807) is 12.3 Å². The van der Waals surface area contributed by atoms with Crippen molar-refractivity contribution in [3.8, 4) is 16.9 Å². The van der Waals surface area contributed by atoms with Gasteiger partial charge in [-0.25, -0.2) is 8.42 Å². The average molecular weight is 746 g/mol. The maximum atomic E-state index is 13.6. The maximum absolute atomic E-state index is 13.6. The summed E-state index contributed by atoms with van der Waals surface area (Å²) in [5.41, 5.74) is 2.80. The summed E-state index contributed by atoms with van der Waals surface area (Å²) in [6.07, 6.45) is 0.603. The Labute approximate surface area is 302 Å². The average Bonchev–Trinajstić information content (AvgIpc) is 4.05. The van der Waals surface area contributed by atoms with Crippen molar-refractivity contribution < 1.29 is 48.2 Å². The van der Waals surface area contributed by atoms with Crippen LogP contribution in [0.4, 0.5) is 0 Å². The van der Waals surface area contributed by atoms with Crippen molar-refractivity contribution in [1.82, 2.24) is 14.2 Å². The second-order valence-corrected chi connectivity index (χ2v) is 16.1. The lowest BCUT2D eigenvalue weighted by Gasteiger charge is -2.38. The van der Waals surface area contributed by atoms with Crippen LogP contribution in [0.5, 0.6) is 5.75 Å². The van der Waals surface area contributed by atoms with E-state index in [1.807, 2.05) is 36.5 Å². The van der Waals surface area contributed by atoms with E-state index in [-0.39, 0.29) is 49.6 Å². The highest BCUT2D eigenvalue weighted by atomic mass is 35.5. The highest BCUT2D eigenvalue weighted by Crippen LogP contribution is 2.53. The number of carbonyl (C=O) groups is 1. The number of para-hydroxylation sites is 1. The minimum absolute atomic E-state index is 0.00244. The molecule has 1 aliphatic heterocycles. The zero-order valence-corrected chi connectivity index (χ0v) is 29.8. The normalized spacial score (nSPS) is 19.8. The molecule has 1 amide bonds. The van der Waals surface area contributed by atoms with Gasteiger partial charge in [0.05, 0.1) is 29.8 Å². The lowest BCUT2D eigenvalue weighted by Crippen LogP contribution is -2.52. The Hall–Kier alpha value is -3.18. The van der Waals surface area contributed by atoms with Crippen LogP contribution in [0.15, 0.2) is 65.8 Å². The first kappa shape index (κ1) is 37.6. The van der Waals surface area contributed by atoms with Crippen molar-refractivity contribution in [2.75, 3.05) is 33.3 Å². The summed E-state index contributed by atoms with van der Waals surface area (Å²) in [5, 5.41) is 48.9. The van der Waals surface area contributed by atoms with Gasteiger partial charge in [-0.15, -0.1) is 0 Å². The molecular formula is C36H44ClN3O10S. The number of aromatic nitrogens is 1. The van der Waals surface area contributed by atoms with E-state index in [1.165, 1.54) is 23.5 Å². The quantitative estimate of drug-likeness (QED) is 0.136. The summed E-state index contributed by atoms with van der Waals surface area (Å²) in [4.78, 5) is 18.4. The van der Waals surface area contributed by atoms with Crippen molar-refractivity contribution in [3.05, 3.63) is 77.1 Å². The van der Waals surface area contributed by atoms with Gasteiger partial charge in [-0.1, -0.05) is 29.8 Å². The molecule has 3 fully saturated rings. The molecule has 1 saturated heterocycles. The third-order valence-electron chi connectivity index (χ3n) is 9.77. The second kappa shape index (κ2) is 15.4. The maximum Gasteiger partial charge on any atom is 0.243 e. The van der Waals surface area contributed by atoms with Gasteiger partial charge in [0.2, 0.25) is 15.9 Å². The van der Waals surface area contributed by atoms with Crippen LogP contribution in [0, 0.1) is 5.92 Å². The Morgan fingerprint density at radius 2 is 1.75 bits per heavy atom. The number of benzene rings is 2. The number of aliphatic hydroxyl groups is 5. The standard InChI is InChI=1S/C36H44ClN3O10S/c1-39(19-30(42)34(45)35(46)31(43)20-41)33(44)14-22-17-40(18-22)51(47,48)25-8-9-29(37)23(15-25)21-49-36(11-12-36)28-16-38-13-10-26(28)27-4-2-3-5-32(27)50-24-6-7-24/h2-5,8-10,13,15-16,22,24,30-31,34-35,41-43,45-46H,6-7,11-12,14,17-21H2,1H3/t30-,31+,34+,35+/m0/s1. The van der Waals surface area contributed by atoms with E-state index >= 15 is 0 Å². The predicted molar refractivity (Wildman–Crippen MR) is 186 cm³/mol. The molecule has 51 heavy (non-hydrogen) atoms. The molecule has 0 unspecified atom stereocenters. The van der Waals surface area contributed by atoms with Crippen LogP contribution < -0.4 is 4.74 Å². The Morgan fingerprint density at radius 3 is 2.43 bits per heavy atom. The number of nitrogens with zero attached hydrogens (tertiary/aromatic N) is 3. The van der Waals surface area contributed by atoms with Crippen LogP contribution in [0.2, 0.25) is 5.02 Å². The van der Waals surface area contributed by atoms with Gasteiger partial charge in [-0.05, 0) is 73.1 Å². The van der Waals surface area contributed by atoms with Crippen molar-refractivity contribution >= 4 is 27.5 Å². The molecular weight excluding hydrogens is 702 g/mol. The molecule has 2 heterocycles. The van der Waals surface area contributed by atoms with E-state index in [4.69, 9.17) is 26.2 Å². The molecule has 15 heteroatoms. The number of rotatable bonds is 17. The largest absolute Gasteiger partial charge is 0.490 e. The van der Waals surface area contributed by atoms with Crippen molar-refractivity contribution in [2.24, 2.45) is 5.92 Å². The fraction of sp³-hybridized carbons (Fsp3) is 0.500. The monoisotopic (exact) mass is 745 g/mol. The smallest absolute Gasteiger partial charge is 0.243 e. The van der Waals surface area contributed by atoms with Gasteiger partial charge >= 0.3 is 0 Å². The van der Waals surface area contributed by atoms with Gasteiger partial charge < -0.3 is 39.9 Å². The van der Waals surface area contributed by atoms with Gasteiger partial charge in [-0.2, -0.15) is 4.31 Å². The number of hydrogen-bond acceptors (Lipinski definition) is 11. The number of aliphatic hydroxyl groups excluding tert-OH is 5. The molecule has 2 saturated carbocycles. The first-order chi connectivity index (χ1) is 24.3. The number of likely N-dealkylation sites (N-methyl/N-ethyl adjacent to an activating group) is 1. The van der Waals surface area contributed by atoms with Crippen LogP contribution in [0.3, 0.4) is 0 Å². The summed E-state index contributed by atoms with van der Waals surface area (Å²) < 4.78 is 41.1. The topological polar surface area (TPSA) is 190 Å². The molecule has 3 aliphatic rings. The summed E-state index contributed by atoms with van der Waals surface area (Å²) in [6, 6.07) is 14.4. The number of pyridine rings is 1. The summed E-state index contributed by atoms with van der Waals surface area (Å²) >= 11 is 6.55. The molecule has 13 nitrogen and oxygen atoms in total. The number of sulfonamides is 1. The fourth-order valence-electron chi connectivity index (χ4n) is 6.25. The molecule has 3 aromatic rings. The van der Waals surface area contributed by atoms with E-state index in [0.717, 1.165) is 53.0 Å². The van der Waals surface area contributed by atoms with E-state index in [9.17, 15) is 33.6 Å². The molecule has 276 valence electrons. The first-order valence-electron chi connectivity index (χ1n) is 17.0. The van der Waals surface area contributed by atoms with E-state index in [2.05, 4.69) is 4.98 Å². The van der Waals surface area contributed by atoms with Crippen LogP contribution in [-0.4, -0.2) is 118 Å². The highest BCUT2D eigenvalue weighted by molar-refractivity contribution is 7.89. The van der Waals surface area contributed by atoms with E-state index in [0.29, 0.717) is 10.6 Å². The van der Waals surface area contributed by atoms with Gasteiger partial charge in [0.15, 0.2) is 0 Å². The Bertz CT molecular complexity index is 1820. The SMILES string of the molecule is CN(C[C@H](O)[C@@H](O)[C@H](O)[C@H](O)CO)C(=O)CC1CN(S(=O)(=O)c2ccc(Cl)c(COC3(c4cnccc4-c4ccccc4OC4CC4)CC3)c2)C1. The van der Waals surface area contributed by atoms with E-state index < -0.39 is 52.6 Å².